The number of hydrogen-bond acceptors (Lipinski definition) is 5. The van der Waals surface area contributed by atoms with Crippen molar-refractivity contribution >= 4 is 11.9 Å². The standard InChI is InChI=1S/C10H18O5/c1-6(2)9(12)7(10(13)15-4)5-8(11)14-3/h6-7,9,12H,5H2,1-4H3/t7?,9-/m1/s1. The van der Waals surface area contributed by atoms with Crippen LogP contribution in [0.1, 0.15) is 20.3 Å². The van der Waals surface area contributed by atoms with Crippen LogP contribution in [0.15, 0.2) is 0 Å². The zero-order chi connectivity index (χ0) is 12.0. The first-order valence-corrected chi connectivity index (χ1v) is 4.76. The van der Waals surface area contributed by atoms with Crippen molar-refractivity contribution in [3.8, 4) is 0 Å². The lowest BCUT2D eigenvalue weighted by Crippen LogP contribution is -2.35. The molecule has 0 saturated carbocycles. The van der Waals surface area contributed by atoms with Crippen LogP contribution in [0.5, 0.6) is 0 Å². The van der Waals surface area contributed by atoms with E-state index in [2.05, 4.69) is 9.47 Å². The van der Waals surface area contributed by atoms with Gasteiger partial charge < -0.3 is 14.6 Å². The predicted octanol–water partition coefficient (Wildman–Crippen LogP) is 0.356. The van der Waals surface area contributed by atoms with Gasteiger partial charge in [-0.3, -0.25) is 9.59 Å². The Morgan fingerprint density at radius 2 is 1.73 bits per heavy atom. The Hall–Kier alpha value is -1.10. The van der Waals surface area contributed by atoms with Crippen LogP contribution in [-0.4, -0.2) is 37.4 Å². The topological polar surface area (TPSA) is 72.8 Å². The van der Waals surface area contributed by atoms with Crippen molar-refractivity contribution < 1.29 is 24.2 Å². The second-order valence-corrected chi connectivity index (χ2v) is 3.64. The molecule has 5 heteroatoms. The molecule has 0 aliphatic carbocycles. The number of carbonyl (C=O) groups is 2. The quantitative estimate of drug-likeness (QED) is 0.674. The van der Waals surface area contributed by atoms with Crippen LogP contribution in [0.25, 0.3) is 0 Å². The monoisotopic (exact) mass is 218 g/mol. The van der Waals surface area contributed by atoms with E-state index in [9.17, 15) is 14.7 Å². The molecule has 0 heterocycles. The third-order valence-electron chi connectivity index (χ3n) is 2.21. The van der Waals surface area contributed by atoms with Crippen LogP contribution in [0.3, 0.4) is 0 Å². The highest BCUT2D eigenvalue weighted by Crippen LogP contribution is 2.18. The summed E-state index contributed by atoms with van der Waals surface area (Å²) in [7, 11) is 2.46. The summed E-state index contributed by atoms with van der Waals surface area (Å²) in [5, 5.41) is 9.72. The minimum Gasteiger partial charge on any atom is -0.469 e. The fourth-order valence-electron chi connectivity index (χ4n) is 1.22. The van der Waals surface area contributed by atoms with Crippen molar-refractivity contribution in [2.24, 2.45) is 11.8 Å². The Morgan fingerprint density at radius 3 is 2.07 bits per heavy atom. The third-order valence-corrected chi connectivity index (χ3v) is 2.21. The van der Waals surface area contributed by atoms with E-state index in [4.69, 9.17) is 0 Å². The van der Waals surface area contributed by atoms with Crippen LogP contribution in [0.4, 0.5) is 0 Å². The molecule has 5 nitrogen and oxygen atoms in total. The summed E-state index contributed by atoms with van der Waals surface area (Å²) in [5.41, 5.74) is 0. The lowest BCUT2D eigenvalue weighted by Gasteiger charge is -2.22. The molecule has 0 aliphatic heterocycles. The van der Waals surface area contributed by atoms with E-state index in [1.807, 2.05) is 0 Å². The largest absolute Gasteiger partial charge is 0.469 e. The fraction of sp³-hybridized carbons (Fsp3) is 0.800. The maximum absolute atomic E-state index is 11.3. The van der Waals surface area contributed by atoms with Crippen LogP contribution >= 0.6 is 0 Å². The van der Waals surface area contributed by atoms with Gasteiger partial charge in [0.15, 0.2) is 0 Å². The van der Waals surface area contributed by atoms with Gasteiger partial charge >= 0.3 is 11.9 Å². The number of esters is 2. The fourth-order valence-corrected chi connectivity index (χ4v) is 1.22. The Kier molecular flexibility index (Phi) is 5.93. The van der Waals surface area contributed by atoms with Crippen molar-refractivity contribution in [2.75, 3.05) is 14.2 Å². The van der Waals surface area contributed by atoms with Crippen molar-refractivity contribution in [3.05, 3.63) is 0 Å². The van der Waals surface area contributed by atoms with Crippen LogP contribution in [0.2, 0.25) is 0 Å². The lowest BCUT2D eigenvalue weighted by atomic mass is 9.91. The van der Waals surface area contributed by atoms with E-state index in [0.717, 1.165) is 0 Å². The predicted molar refractivity (Wildman–Crippen MR) is 53.0 cm³/mol. The molecule has 0 radical (unpaired) electrons. The van der Waals surface area contributed by atoms with Crippen LogP contribution in [-0.2, 0) is 19.1 Å². The van der Waals surface area contributed by atoms with Crippen molar-refractivity contribution in [2.45, 2.75) is 26.4 Å². The van der Waals surface area contributed by atoms with E-state index >= 15 is 0 Å². The molecule has 1 unspecified atom stereocenters. The Balaban J connectivity index is 4.58. The van der Waals surface area contributed by atoms with Gasteiger partial charge in [-0.15, -0.1) is 0 Å². The van der Waals surface area contributed by atoms with E-state index in [0.29, 0.717) is 0 Å². The number of methoxy groups -OCH3 is 2. The number of aliphatic hydroxyl groups is 1. The number of rotatable bonds is 5. The molecule has 0 aliphatic rings. The second kappa shape index (κ2) is 6.40. The average molecular weight is 218 g/mol. The molecule has 0 saturated heterocycles. The normalized spacial score (nSPS) is 14.5. The summed E-state index contributed by atoms with van der Waals surface area (Å²) >= 11 is 0. The van der Waals surface area contributed by atoms with Gasteiger partial charge in [0.25, 0.3) is 0 Å². The number of carbonyl (C=O) groups excluding carboxylic acids is 2. The van der Waals surface area contributed by atoms with Gasteiger partial charge in [-0.25, -0.2) is 0 Å². The Labute approximate surface area is 89.4 Å². The van der Waals surface area contributed by atoms with E-state index < -0.39 is 24.0 Å². The summed E-state index contributed by atoms with van der Waals surface area (Å²) in [6.45, 7) is 3.52. The summed E-state index contributed by atoms with van der Waals surface area (Å²) in [4.78, 5) is 22.3. The molecule has 0 spiro atoms. The maximum atomic E-state index is 11.3. The molecule has 2 atom stereocenters. The van der Waals surface area contributed by atoms with Gasteiger partial charge in [0.05, 0.1) is 32.7 Å². The van der Waals surface area contributed by atoms with Gasteiger partial charge in [-0.05, 0) is 5.92 Å². The van der Waals surface area contributed by atoms with E-state index in [1.54, 1.807) is 13.8 Å². The summed E-state index contributed by atoms with van der Waals surface area (Å²) in [6, 6.07) is 0. The number of ether oxygens (including phenoxy) is 2. The van der Waals surface area contributed by atoms with Crippen LogP contribution in [0, 0.1) is 11.8 Å². The zero-order valence-electron chi connectivity index (χ0n) is 9.52. The molecule has 88 valence electrons. The molecule has 15 heavy (non-hydrogen) atoms. The first-order valence-electron chi connectivity index (χ1n) is 4.76. The Morgan fingerprint density at radius 1 is 1.20 bits per heavy atom. The van der Waals surface area contributed by atoms with Gasteiger partial charge in [-0.2, -0.15) is 0 Å². The molecule has 0 fully saturated rings. The minimum atomic E-state index is -0.906. The molecule has 0 aromatic heterocycles. The van der Waals surface area contributed by atoms with Gasteiger partial charge in [0.2, 0.25) is 0 Å². The number of aliphatic hydroxyl groups excluding tert-OH is 1. The highest BCUT2D eigenvalue weighted by atomic mass is 16.5. The SMILES string of the molecule is COC(=O)CC(C(=O)OC)[C@H](O)C(C)C. The highest BCUT2D eigenvalue weighted by molar-refractivity contribution is 5.80. The van der Waals surface area contributed by atoms with Gasteiger partial charge in [-0.1, -0.05) is 13.8 Å². The molecule has 0 rings (SSSR count). The van der Waals surface area contributed by atoms with Gasteiger partial charge in [0.1, 0.15) is 0 Å². The first kappa shape index (κ1) is 13.9. The second-order valence-electron chi connectivity index (χ2n) is 3.64. The first-order chi connectivity index (χ1) is 6.93. The van der Waals surface area contributed by atoms with E-state index in [1.165, 1.54) is 14.2 Å². The smallest absolute Gasteiger partial charge is 0.311 e. The van der Waals surface area contributed by atoms with Crippen molar-refractivity contribution in [1.29, 1.82) is 0 Å². The minimum absolute atomic E-state index is 0.126. The average Bonchev–Trinajstić information content (AvgIpc) is 2.23. The molecule has 1 N–H and O–H groups in total. The molecule has 0 bridgehead atoms. The summed E-state index contributed by atoms with van der Waals surface area (Å²) in [5.74, 6) is -2.12. The zero-order valence-corrected chi connectivity index (χ0v) is 9.52. The van der Waals surface area contributed by atoms with Gasteiger partial charge in [0, 0.05) is 0 Å². The molecule has 0 aromatic rings. The molecular formula is C10H18O5. The lowest BCUT2D eigenvalue weighted by molar-refractivity contribution is -0.157. The Bertz CT molecular complexity index is 224. The summed E-state index contributed by atoms with van der Waals surface area (Å²) < 4.78 is 8.97. The molecular weight excluding hydrogens is 200 g/mol. The van der Waals surface area contributed by atoms with Crippen molar-refractivity contribution in [1.82, 2.24) is 0 Å². The third kappa shape index (κ3) is 4.29. The van der Waals surface area contributed by atoms with E-state index in [-0.39, 0.29) is 12.3 Å². The summed E-state index contributed by atoms with van der Waals surface area (Å²) in [6.07, 6.45) is -1.07. The maximum Gasteiger partial charge on any atom is 0.311 e. The highest BCUT2D eigenvalue weighted by Gasteiger charge is 2.32. The van der Waals surface area contributed by atoms with Crippen molar-refractivity contribution in [3.63, 3.8) is 0 Å². The molecule has 0 aromatic carbocycles. The number of hydrogen-bond donors (Lipinski definition) is 1. The molecule has 0 amide bonds. The van der Waals surface area contributed by atoms with Crippen LogP contribution < -0.4 is 0 Å².